The number of nitrogens with two attached hydrogens (primary N) is 2. The molecule has 1 amide bonds. The molecule has 5 N–H and O–H groups in total. The van der Waals surface area contributed by atoms with Crippen molar-refractivity contribution in [3.8, 4) is 0 Å². The van der Waals surface area contributed by atoms with Crippen LogP contribution in [-0.2, 0) is 37.0 Å². The van der Waals surface area contributed by atoms with Gasteiger partial charge in [0.05, 0.1) is 18.4 Å². The molecule has 5 rings (SSSR count). The fourth-order valence-electron chi connectivity index (χ4n) is 5.21. The number of anilines is 1. The van der Waals surface area contributed by atoms with Gasteiger partial charge in [-0.1, -0.05) is 0 Å². The maximum Gasteiger partial charge on any atom is 0.229 e. The Hall–Kier alpha value is -2.50. The lowest BCUT2D eigenvalue weighted by atomic mass is 9.74. The number of aliphatic imine (C=N–C) groups is 1. The normalized spacial score (nSPS) is 26.7. The maximum absolute atomic E-state index is 12.0. The third-order valence-electron chi connectivity index (χ3n) is 7.66. The SMILES string of the molecule is CN=S(N)(=O)/C(=C/N)C1=NCC(C2CC(OC)C2)CO1.Cc1c(C2CC2)nc2c(c1NC=O)CCC2. The molecule has 2 atom stereocenters. The molecule has 0 radical (unpaired) electrons. The van der Waals surface area contributed by atoms with Gasteiger partial charge in [-0.05, 0) is 68.9 Å². The van der Waals surface area contributed by atoms with Gasteiger partial charge < -0.3 is 20.5 Å². The van der Waals surface area contributed by atoms with Crippen LogP contribution in [0.2, 0.25) is 0 Å². The number of nitrogens with one attached hydrogen (secondary N) is 1. The summed E-state index contributed by atoms with van der Waals surface area (Å²) in [6, 6.07) is 0. The molecular weight excluding hydrogens is 480 g/mol. The molecule has 10 nitrogen and oxygen atoms in total. The first-order chi connectivity index (χ1) is 17.3. The van der Waals surface area contributed by atoms with Crippen LogP contribution in [0.5, 0.6) is 0 Å². The monoisotopic (exact) mass is 518 g/mol. The molecule has 36 heavy (non-hydrogen) atoms. The van der Waals surface area contributed by atoms with Crippen molar-refractivity contribution in [3.63, 3.8) is 0 Å². The highest BCUT2D eigenvalue weighted by molar-refractivity contribution is 7.96. The minimum absolute atomic E-state index is 0.168. The van der Waals surface area contributed by atoms with Crippen LogP contribution in [-0.4, -0.2) is 54.9 Å². The lowest BCUT2D eigenvalue weighted by Crippen LogP contribution is -2.41. The molecule has 1 aromatic rings. The molecule has 0 spiro atoms. The van der Waals surface area contributed by atoms with E-state index in [0.717, 1.165) is 37.8 Å². The Morgan fingerprint density at radius 1 is 1.28 bits per heavy atom. The lowest BCUT2D eigenvalue weighted by molar-refractivity contribution is -0.105. The Bertz CT molecular complexity index is 1160. The summed E-state index contributed by atoms with van der Waals surface area (Å²) in [6.07, 6.45) is 10.2. The average Bonchev–Trinajstić information content (AvgIpc) is 3.59. The molecule has 11 heteroatoms. The highest BCUT2D eigenvalue weighted by Crippen LogP contribution is 2.44. The minimum atomic E-state index is -3.02. The Labute approximate surface area is 213 Å². The smallest absolute Gasteiger partial charge is 0.229 e. The van der Waals surface area contributed by atoms with Crippen molar-refractivity contribution in [2.24, 2.45) is 32.1 Å². The third-order valence-corrected chi connectivity index (χ3v) is 9.14. The van der Waals surface area contributed by atoms with Gasteiger partial charge >= 0.3 is 0 Å². The number of fused-ring (bicyclic) bond motifs is 1. The van der Waals surface area contributed by atoms with Crippen molar-refractivity contribution in [1.82, 2.24) is 4.98 Å². The van der Waals surface area contributed by atoms with Gasteiger partial charge in [-0.3, -0.25) is 14.8 Å². The molecule has 4 aliphatic rings. The van der Waals surface area contributed by atoms with Crippen molar-refractivity contribution in [2.75, 3.05) is 32.6 Å². The number of rotatable bonds is 7. The minimum Gasteiger partial charge on any atom is -0.477 e. The second kappa shape index (κ2) is 11.3. The summed E-state index contributed by atoms with van der Waals surface area (Å²) in [6.45, 7) is 3.26. The summed E-state index contributed by atoms with van der Waals surface area (Å²) in [5.74, 6) is 1.85. The summed E-state index contributed by atoms with van der Waals surface area (Å²) in [7, 11) is 0.105. The van der Waals surface area contributed by atoms with Crippen molar-refractivity contribution in [1.29, 1.82) is 0 Å². The van der Waals surface area contributed by atoms with Crippen LogP contribution in [0.1, 0.15) is 60.5 Å². The zero-order valence-electron chi connectivity index (χ0n) is 21.4. The molecule has 0 saturated heterocycles. The van der Waals surface area contributed by atoms with Crippen molar-refractivity contribution < 1.29 is 18.5 Å². The van der Waals surface area contributed by atoms with Crippen LogP contribution in [0.25, 0.3) is 0 Å². The summed E-state index contributed by atoms with van der Waals surface area (Å²) in [5.41, 5.74) is 11.4. The first-order valence-electron chi connectivity index (χ1n) is 12.6. The number of ether oxygens (including phenoxy) is 2. The van der Waals surface area contributed by atoms with E-state index in [4.69, 9.17) is 25.3 Å². The second-order valence-corrected chi connectivity index (χ2v) is 11.8. The number of hydrogen-bond donors (Lipinski definition) is 3. The number of nitrogens with zero attached hydrogens (tertiary/aromatic N) is 3. The summed E-state index contributed by atoms with van der Waals surface area (Å²) >= 11 is 0. The number of carbonyl (C=O) groups excluding carboxylic acids is 1. The molecule has 0 aromatic carbocycles. The Kier molecular flexibility index (Phi) is 8.31. The molecule has 2 unspecified atom stereocenters. The van der Waals surface area contributed by atoms with E-state index >= 15 is 0 Å². The van der Waals surface area contributed by atoms with Crippen LogP contribution in [0.4, 0.5) is 5.69 Å². The molecular formula is C25H38N6O4S. The van der Waals surface area contributed by atoms with E-state index in [1.165, 1.54) is 55.0 Å². The fourth-order valence-corrected chi connectivity index (χ4v) is 5.97. The predicted molar refractivity (Wildman–Crippen MR) is 141 cm³/mol. The molecule has 1 aromatic heterocycles. The van der Waals surface area contributed by atoms with E-state index in [1.807, 2.05) is 0 Å². The van der Waals surface area contributed by atoms with E-state index < -0.39 is 9.92 Å². The first-order valence-corrected chi connectivity index (χ1v) is 14.2. The Balaban J connectivity index is 0.000000173. The predicted octanol–water partition coefficient (Wildman–Crippen LogP) is 2.55. The van der Waals surface area contributed by atoms with Crippen LogP contribution >= 0.6 is 0 Å². The zero-order chi connectivity index (χ0) is 25.9. The molecule has 3 aliphatic carbocycles. The number of hydrogen-bond acceptors (Lipinski definition) is 8. The van der Waals surface area contributed by atoms with Crippen LogP contribution in [0, 0.1) is 18.8 Å². The number of pyridine rings is 1. The summed E-state index contributed by atoms with van der Waals surface area (Å²) in [5, 5.41) is 8.48. The number of aromatic nitrogens is 1. The van der Waals surface area contributed by atoms with Gasteiger partial charge in [0.25, 0.3) is 0 Å². The van der Waals surface area contributed by atoms with Crippen LogP contribution in [0.15, 0.2) is 20.5 Å². The van der Waals surface area contributed by atoms with E-state index in [1.54, 1.807) is 7.11 Å². The van der Waals surface area contributed by atoms with Gasteiger partial charge in [0.15, 0.2) is 0 Å². The average molecular weight is 519 g/mol. The summed E-state index contributed by atoms with van der Waals surface area (Å²) < 4.78 is 26.6. The lowest BCUT2D eigenvalue weighted by Gasteiger charge is -2.40. The van der Waals surface area contributed by atoms with Gasteiger partial charge in [0.1, 0.15) is 14.8 Å². The van der Waals surface area contributed by atoms with Crippen LogP contribution in [0.3, 0.4) is 0 Å². The largest absolute Gasteiger partial charge is 0.477 e. The molecule has 2 saturated carbocycles. The van der Waals surface area contributed by atoms with Crippen molar-refractivity contribution in [2.45, 2.75) is 63.9 Å². The quantitative estimate of drug-likeness (QED) is 0.471. The number of carbonyl (C=O) groups is 1. The Morgan fingerprint density at radius 3 is 2.58 bits per heavy atom. The van der Waals surface area contributed by atoms with E-state index in [-0.39, 0.29) is 10.8 Å². The van der Waals surface area contributed by atoms with E-state index in [9.17, 15) is 9.00 Å². The molecule has 2 fully saturated rings. The van der Waals surface area contributed by atoms with E-state index in [2.05, 4.69) is 21.6 Å². The maximum atomic E-state index is 12.0. The van der Waals surface area contributed by atoms with Gasteiger partial charge in [-0.15, -0.1) is 0 Å². The molecule has 2 heterocycles. The standard InChI is InChI=1S/C13H16N2O.C12H22N4O3S/c1-8-12(9-5-6-9)15-11-4-2-3-10(11)13(8)14-7-16;1-15-20(14,17)11(5-13)12-16-6-9(7-19-12)8-3-10(4-8)18-2/h7,9H,2-6H2,1H3,(H,14,15,16);5,8-10H,3-4,6-7,13H2,1-2H3,(H2,14,15,17)/b;11-5+. The Morgan fingerprint density at radius 2 is 2.03 bits per heavy atom. The number of methoxy groups -OCH3 is 1. The topological polar surface area (TPSA) is 154 Å². The van der Waals surface area contributed by atoms with Crippen molar-refractivity contribution >= 4 is 27.9 Å². The molecule has 1 aliphatic heterocycles. The fraction of sp³-hybridized carbons (Fsp3) is 0.640. The van der Waals surface area contributed by atoms with Gasteiger partial charge in [-0.2, -0.15) is 0 Å². The van der Waals surface area contributed by atoms with Crippen molar-refractivity contribution in [3.05, 3.63) is 33.6 Å². The molecule has 0 bridgehead atoms. The van der Waals surface area contributed by atoms with Crippen LogP contribution < -0.4 is 16.2 Å². The van der Waals surface area contributed by atoms with Gasteiger partial charge in [0.2, 0.25) is 12.3 Å². The number of amides is 1. The second-order valence-electron chi connectivity index (χ2n) is 9.90. The highest BCUT2D eigenvalue weighted by atomic mass is 32.2. The first kappa shape index (κ1) is 26.6. The zero-order valence-corrected chi connectivity index (χ0v) is 22.2. The highest BCUT2D eigenvalue weighted by Gasteiger charge is 2.37. The molecule has 198 valence electrons. The van der Waals surface area contributed by atoms with E-state index in [0.29, 0.717) is 37.0 Å². The summed E-state index contributed by atoms with van der Waals surface area (Å²) in [4.78, 5) is 20.0. The van der Waals surface area contributed by atoms with Gasteiger partial charge in [-0.25, -0.2) is 13.7 Å². The number of aryl methyl sites for hydroxylation is 1. The van der Waals surface area contributed by atoms with Gasteiger partial charge in [0, 0.05) is 50.1 Å². The third kappa shape index (κ3) is 5.57.